The molecular formula is C25H24FN7O. The van der Waals surface area contributed by atoms with Gasteiger partial charge >= 0.3 is 0 Å². The molecule has 172 valence electrons. The van der Waals surface area contributed by atoms with Crippen molar-refractivity contribution in [2.75, 3.05) is 18.5 Å². The van der Waals surface area contributed by atoms with E-state index >= 15 is 0 Å². The highest BCUT2D eigenvalue weighted by molar-refractivity contribution is 5.87. The molecule has 0 bridgehead atoms. The molecule has 0 saturated heterocycles. The molecule has 5 aromatic rings. The molecule has 0 atom stereocenters. The number of halogens is 1. The lowest BCUT2D eigenvalue weighted by molar-refractivity contribution is 0.151. The van der Waals surface area contributed by atoms with Gasteiger partial charge in [0, 0.05) is 47.4 Å². The van der Waals surface area contributed by atoms with Crippen molar-refractivity contribution in [2.45, 2.75) is 32.2 Å². The van der Waals surface area contributed by atoms with E-state index in [2.05, 4.69) is 41.3 Å². The first-order chi connectivity index (χ1) is 16.5. The summed E-state index contributed by atoms with van der Waals surface area (Å²) < 4.78 is 21.8. The Morgan fingerprint density at radius 3 is 2.94 bits per heavy atom. The average Bonchev–Trinajstić information content (AvgIpc) is 3.41. The number of hydrogen-bond donors (Lipinski definition) is 2. The molecule has 1 aromatic carbocycles. The highest BCUT2D eigenvalue weighted by Gasteiger charge is 2.33. The first-order valence-electron chi connectivity index (χ1n) is 11.3. The fourth-order valence-corrected chi connectivity index (χ4v) is 4.52. The highest BCUT2D eigenvalue weighted by atomic mass is 19.1. The number of pyridine rings is 1. The van der Waals surface area contributed by atoms with Gasteiger partial charge in [-0.3, -0.25) is 9.55 Å². The molecule has 34 heavy (non-hydrogen) atoms. The maximum Gasteiger partial charge on any atom is 0.299 e. The number of fused-ring (bicyclic) bond motifs is 4. The van der Waals surface area contributed by atoms with Crippen LogP contribution in [0.5, 0.6) is 6.01 Å². The summed E-state index contributed by atoms with van der Waals surface area (Å²) in [4.78, 5) is 21.5. The number of nitrogens with zero attached hydrogens (tertiary/aromatic N) is 5. The summed E-state index contributed by atoms with van der Waals surface area (Å²) in [6, 6.07) is 10.1. The number of anilines is 1. The van der Waals surface area contributed by atoms with Gasteiger partial charge in [0.05, 0.1) is 12.8 Å². The Labute approximate surface area is 195 Å². The van der Waals surface area contributed by atoms with E-state index in [4.69, 9.17) is 19.7 Å². The number of imidazole rings is 1. The van der Waals surface area contributed by atoms with E-state index in [9.17, 15) is 4.39 Å². The molecule has 9 heteroatoms. The summed E-state index contributed by atoms with van der Waals surface area (Å²) in [5, 5.41) is 4.65. The van der Waals surface area contributed by atoms with Crippen LogP contribution in [0, 0.1) is 5.82 Å². The SMILES string of the molecule is CC1(C)CCOc2nc3c(NCCc4c[nH]c5ccccc45)nc(-c4cncc(F)c4)nc3n21. The number of rotatable bonds is 5. The smallest absolute Gasteiger partial charge is 0.299 e. The van der Waals surface area contributed by atoms with Gasteiger partial charge in [-0.2, -0.15) is 4.98 Å². The van der Waals surface area contributed by atoms with Crippen molar-refractivity contribution in [3.63, 3.8) is 0 Å². The second kappa shape index (κ2) is 7.79. The van der Waals surface area contributed by atoms with Crippen LogP contribution in [0.4, 0.5) is 10.2 Å². The third-order valence-electron chi connectivity index (χ3n) is 6.35. The Balaban J connectivity index is 1.41. The predicted molar refractivity (Wildman–Crippen MR) is 128 cm³/mol. The van der Waals surface area contributed by atoms with Crippen LogP contribution in [0.25, 0.3) is 33.5 Å². The third kappa shape index (κ3) is 3.44. The lowest BCUT2D eigenvalue weighted by atomic mass is 10.0. The van der Waals surface area contributed by atoms with Gasteiger partial charge in [-0.25, -0.2) is 14.4 Å². The van der Waals surface area contributed by atoms with Crippen molar-refractivity contribution < 1.29 is 9.13 Å². The zero-order valence-electron chi connectivity index (χ0n) is 19.0. The molecule has 2 N–H and O–H groups in total. The van der Waals surface area contributed by atoms with Gasteiger partial charge < -0.3 is 15.0 Å². The van der Waals surface area contributed by atoms with E-state index in [1.807, 2.05) is 22.9 Å². The molecule has 0 spiro atoms. The summed E-state index contributed by atoms with van der Waals surface area (Å²) in [5.41, 5.74) is 3.91. The lowest BCUT2D eigenvalue weighted by Crippen LogP contribution is -2.33. The number of benzene rings is 1. The molecule has 0 radical (unpaired) electrons. The molecule has 0 amide bonds. The fraction of sp³-hybridized carbons (Fsp3) is 0.280. The van der Waals surface area contributed by atoms with Crippen molar-refractivity contribution in [2.24, 2.45) is 0 Å². The highest BCUT2D eigenvalue weighted by Crippen LogP contribution is 2.37. The molecule has 4 aromatic heterocycles. The molecule has 6 rings (SSSR count). The van der Waals surface area contributed by atoms with Crippen molar-refractivity contribution in [1.82, 2.24) is 29.5 Å². The molecule has 0 saturated carbocycles. The van der Waals surface area contributed by atoms with Crippen LogP contribution in [0.2, 0.25) is 0 Å². The van der Waals surface area contributed by atoms with E-state index in [-0.39, 0.29) is 5.54 Å². The zero-order valence-corrected chi connectivity index (χ0v) is 19.0. The third-order valence-corrected chi connectivity index (χ3v) is 6.35. The normalized spacial score (nSPS) is 14.8. The average molecular weight is 458 g/mol. The maximum atomic E-state index is 13.9. The van der Waals surface area contributed by atoms with Crippen LogP contribution in [0.3, 0.4) is 0 Å². The van der Waals surface area contributed by atoms with Crippen LogP contribution in [0.1, 0.15) is 25.8 Å². The van der Waals surface area contributed by atoms with Gasteiger partial charge in [0.2, 0.25) is 0 Å². The minimum absolute atomic E-state index is 0.227. The van der Waals surface area contributed by atoms with E-state index < -0.39 is 5.82 Å². The first-order valence-corrected chi connectivity index (χ1v) is 11.3. The van der Waals surface area contributed by atoms with E-state index in [1.165, 1.54) is 23.2 Å². The zero-order chi connectivity index (χ0) is 23.3. The van der Waals surface area contributed by atoms with E-state index in [0.29, 0.717) is 47.5 Å². The second-order valence-electron chi connectivity index (χ2n) is 9.14. The largest absolute Gasteiger partial charge is 0.465 e. The van der Waals surface area contributed by atoms with Gasteiger partial charge in [0.25, 0.3) is 6.01 Å². The Morgan fingerprint density at radius 1 is 1.18 bits per heavy atom. The number of H-pyrrole nitrogens is 1. The van der Waals surface area contributed by atoms with Crippen molar-refractivity contribution in [3.05, 3.63) is 60.3 Å². The summed E-state index contributed by atoms with van der Waals surface area (Å²) in [7, 11) is 0. The molecule has 1 aliphatic heterocycles. The maximum absolute atomic E-state index is 13.9. The molecule has 1 aliphatic rings. The van der Waals surface area contributed by atoms with Crippen LogP contribution < -0.4 is 10.1 Å². The summed E-state index contributed by atoms with van der Waals surface area (Å²) >= 11 is 0. The van der Waals surface area contributed by atoms with Crippen LogP contribution in [0.15, 0.2) is 48.9 Å². The summed E-state index contributed by atoms with van der Waals surface area (Å²) in [5.74, 6) is 0.539. The van der Waals surface area contributed by atoms with Gasteiger partial charge in [0.15, 0.2) is 22.8 Å². The molecule has 8 nitrogen and oxygen atoms in total. The molecule has 0 unspecified atom stereocenters. The quantitative estimate of drug-likeness (QED) is 0.398. The number of ether oxygens (including phenoxy) is 1. The molecular weight excluding hydrogens is 433 g/mol. The topological polar surface area (TPSA) is 93.5 Å². The Hall–Kier alpha value is -4.01. The standard InChI is InChI=1S/C25H24FN7O/c1-25(2)8-10-34-24-30-20-22(28-9-7-15-13-29-19-6-4-3-5-18(15)19)31-21(32-23(20)33(24)25)16-11-17(26)14-27-12-16/h3-6,11-14,29H,7-10H2,1-2H3,(H,28,31,32). The van der Waals surface area contributed by atoms with Crippen LogP contribution in [-0.2, 0) is 12.0 Å². The van der Waals surface area contributed by atoms with Crippen molar-refractivity contribution in [3.8, 4) is 17.4 Å². The molecule has 0 fully saturated rings. The van der Waals surface area contributed by atoms with Gasteiger partial charge in [0.1, 0.15) is 5.82 Å². The fourth-order valence-electron chi connectivity index (χ4n) is 4.52. The summed E-state index contributed by atoms with van der Waals surface area (Å²) in [6.45, 7) is 5.50. The monoisotopic (exact) mass is 457 g/mol. The van der Waals surface area contributed by atoms with Crippen molar-refractivity contribution in [1.29, 1.82) is 0 Å². The Morgan fingerprint density at radius 2 is 2.06 bits per heavy atom. The molecule has 5 heterocycles. The van der Waals surface area contributed by atoms with Crippen LogP contribution in [-0.4, -0.2) is 42.6 Å². The predicted octanol–water partition coefficient (Wildman–Crippen LogP) is 4.68. The minimum atomic E-state index is -0.436. The molecule has 0 aliphatic carbocycles. The number of aromatic amines is 1. The van der Waals surface area contributed by atoms with E-state index in [1.54, 1.807) is 6.20 Å². The lowest BCUT2D eigenvalue weighted by Gasteiger charge is -2.32. The number of aromatic nitrogens is 6. The number of hydrogen-bond acceptors (Lipinski definition) is 6. The Kier molecular flexibility index (Phi) is 4.72. The van der Waals surface area contributed by atoms with Gasteiger partial charge in [-0.15, -0.1) is 0 Å². The van der Waals surface area contributed by atoms with Crippen molar-refractivity contribution >= 4 is 27.9 Å². The summed E-state index contributed by atoms with van der Waals surface area (Å²) in [6.07, 6.45) is 6.39. The number of nitrogens with one attached hydrogen (secondary N) is 2. The van der Waals surface area contributed by atoms with Crippen LogP contribution >= 0.6 is 0 Å². The number of para-hydroxylation sites is 1. The minimum Gasteiger partial charge on any atom is -0.465 e. The van der Waals surface area contributed by atoms with Gasteiger partial charge in [-0.05, 0) is 38.0 Å². The van der Waals surface area contributed by atoms with Gasteiger partial charge in [-0.1, -0.05) is 18.2 Å². The Bertz CT molecular complexity index is 1520. The van der Waals surface area contributed by atoms with E-state index in [0.717, 1.165) is 18.4 Å². The first kappa shape index (κ1) is 20.6. The second-order valence-corrected chi connectivity index (χ2v) is 9.14.